The van der Waals surface area contributed by atoms with E-state index in [9.17, 15) is 0 Å². The summed E-state index contributed by atoms with van der Waals surface area (Å²) >= 11 is 0. The van der Waals surface area contributed by atoms with Gasteiger partial charge in [0.25, 0.3) is 0 Å². The second-order valence-electron chi connectivity index (χ2n) is 27.0. The molecule has 4 aliphatic carbocycles. The molecule has 8 aromatic rings. The molecule has 0 saturated heterocycles. The van der Waals surface area contributed by atoms with Crippen molar-refractivity contribution < 1.29 is 0 Å². The first-order valence-electron chi connectivity index (χ1n) is 27.8. The van der Waals surface area contributed by atoms with Crippen LogP contribution in [-0.4, -0.2) is 6.85 Å². The fraction of sp³-hybridized carbons (Fsp3) is 0.324. The third-order valence-electron chi connectivity index (χ3n) is 20.0. The summed E-state index contributed by atoms with van der Waals surface area (Å²) in [6.07, 6.45) is 4.70. The lowest BCUT2D eigenvalue weighted by Gasteiger charge is -2.49. The summed E-state index contributed by atoms with van der Waals surface area (Å²) < 4.78 is 0. The maximum absolute atomic E-state index is 2.87. The molecule has 0 amide bonds. The van der Waals surface area contributed by atoms with Crippen molar-refractivity contribution in [3.05, 3.63) is 196 Å². The molecule has 2 heterocycles. The molecule has 6 aliphatic rings. The van der Waals surface area contributed by atoms with Gasteiger partial charge in [-0.15, -0.1) is 0 Å². The molecule has 0 radical (unpaired) electrons. The van der Waals surface area contributed by atoms with E-state index in [1.54, 1.807) is 0 Å². The van der Waals surface area contributed by atoms with Crippen LogP contribution >= 0.6 is 0 Å². The van der Waals surface area contributed by atoms with Crippen LogP contribution in [0.4, 0.5) is 28.4 Å². The zero-order chi connectivity index (χ0) is 51.4. The van der Waals surface area contributed by atoms with Crippen LogP contribution in [0.5, 0.6) is 0 Å². The Labute approximate surface area is 442 Å². The number of fused-ring (bicyclic) bond motifs is 14. The highest BCUT2D eigenvalue weighted by Crippen LogP contribution is 2.63. The zero-order valence-electron chi connectivity index (χ0n) is 46.2. The van der Waals surface area contributed by atoms with Gasteiger partial charge in [0.1, 0.15) is 0 Å². The van der Waals surface area contributed by atoms with Gasteiger partial charge < -0.3 is 9.71 Å². The van der Waals surface area contributed by atoms with Gasteiger partial charge in [0, 0.05) is 44.8 Å². The summed E-state index contributed by atoms with van der Waals surface area (Å²) in [6, 6.07) is 57.8. The predicted octanol–water partition coefficient (Wildman–Crippen LogP) is 17.7. The summed E-state index contributed by atoms with van der Waals surface area (Å²) in [5.74, 6) is 0. The Morgan fingerprint density at radius 3 is 1.61 bits per heavy atom. The molecule has 74 heavy (non-hydrogen) atoms. The molecule has 0 spiro atoms. The van der Waals surface area contributed by atoms with E-state index in [2.05, 4.69) is 245 Å². The minimum absolute atomic E-state index is 0.0332. The Kier molecular flexibility index (Phi) is 9.22. The highest BCUT2D eigenvalue weighted by molar-refractivity contribution is 6.93. The van der Waals surface area contributed by atoms with Crippen molar-refractivity contribution in [3.63, 3.8) is 0 Å². The molecule has 0 saturated carbocycles. The third-order valence-corrected chi connectivity index (χ3v) is 20.0. The Bertz CT molecular complexity index is 3770. The largest absolute Gasteiger partial charge is 0.376 e. The summed E-state index contributed by atoms with van der Waals surface area (Å²) in [5.41, 5.74) is 32.7. The number of hydrogen-bond donors (Lipinski definition) is 0. The number of nitrogens with zero attached hydrogens (tertiary/aromatic N) is 2. The molecule has 0 bridgehead atoms. The van der Waals surface area contributed by atoms with Gasteiger partial charge in [0.05, 0.1) is 0 Å². The number of benzene rings is 8. The summed E-state index contributed by atoms with van der Waals surface area (Å²) in [4.78, 5) is 5.62. The van der Waals surface area contributed by atoms with Crippen LogP contribution < -0.4 is 20.6 Å². The van der Waals surface area contributed by atoms with Crippen molar-refractivity contribution in [3.8, 4) is 44.5 Å². The van der Waals surface area contributed by atoms with E-state index in [4.69, 9.17) is 0 Å². The standard InChI is InChI=1S/C71H71BN2/c1-42-37-54-56(69(8,9)36-35-67(54,4)5)41-58(42)73-59-38-44(43-21-15-14-16-22-43)27-32-57(59)72-64-60(73)40-50-47-24-18-20-26-52(47)70(10,11)62(50)61(64)49-30-29-48-46-23-17-19-25-51(46)71(12,13)63(48)65(49)74(72)45-28-31-53-55(39-45)68(6,7)34-33-66(53,2)3/h14-32,37-41H,33-36H2,1-13H3. The van der Waals surface area contributed by atoms with Crippen molar-refractivity contribution >= 4 is 46.2 Å². The molecule has 3 heteroatoms. The monoisotopic (exact) mass is 963 g/mol. The van der Waals surface area contributed by atoms with Gasteiger partial charge in [-0.1, -0.05) is 198 Å². The van der Waals surface area contributed by atoms with E-state index in [0.717, 1.165) is 12.8 Å². The lowest BCUT2D eigenvalue weighted by molar-refractivity contribution is 0.332. The highest BCUT2D eigenvalue weighted by Gasteiger charge is 2.53. The van der Waals surface area contributed by atoms with E-state index in [1.165, 1.54) is 147 Å². The minimum Gasteiger partial charge on any atom is -0.376 e. The lowest BCUT2D eigenvalue weighted by atomic mass is 9.42. The zero-order valence-corrected chi connectivity index (χ0v) is 46.2. The fourth-order valence-electron chi connectivity index (χ4n) is 15.7. The van der Waals surface area contributed by atoms with Gasteiger partial charge in [0.2, 0.25) is 0 Å². The van der Waals surface area contributed by atoms with Gasteiger partial charge in [-0.05, 0) is 185 Å². The van der Waals surface area contributed by atoms with E-state index in [-0.39, 0.29) is 39.3 Å². The summed E-state index contributed by atoms with van der Waals surface area (Å²) in [6.45, 7) is 32.1. The first-order valence-corrected chi connectivity index (χ1v) is 27.8. The van der Waals surface area contributed by atoms with Crippen molar-refractivity contribution in [1.82, 2.24) is 0 Å². The van der Waals surface area contributed by atoms with Crippen LogP contribution in [0.2, 0.25) is 0 Å². The van der Waals surface area contributed by atoms with Gasteiger partial charge in [-0.2, -0.15) is 0 Å². The van der Waals surface area contributed by atoms with E-state index in [1.807, 2.05) is 0 Å². The maximum atomic E-state index is 2.87. The maximum Gasteiger partial charge on any atom is 0.333 e. The summed E-state index contributed by atoms with van der Waals surface area (Å²) in [5, 5.41) is 0. The molecular formula is C71H71BN2. The lowest BCUT2D eigenvalue weighted by Crippen LogP contribution is -2.62. The predicted molar refractivity (Wildman–Crippen MR) is 316 cm³/mol. The fourth-order valence-corrected chi connectivity index (χ4v) is 15.7. The van der Waals surface area contributed by atoms with E-state index >= 15 is 0 Å². The first kappa shape index (κ1) is 46.0. The second kappa shape index (κ2) is 14.8. The van der Waals surface area contributed by atoms with Crippen molar-refractivity contribution in [2.24, 2.45) is 0 Å². The second-order valence-corrected chi connectivity index (χ2v) is 27.0. The SMILES string of the molecule is Cc1cc2c(cc1N1c3cc(-c4ccccc4)ccc3B3c4c1cc1c(c4-c4ccc5c(c4N3c3ccc4c(c3)C(C)(C)CCC4(C)C)C(C)(C)c3ccccc3-5)C(C)(C)c3ccccc3-1)C(C)(C)CCC2(C)C. The van der Waals surface area contributed by atoms with Gasteiger partial charge >= 0.3 is 6.85 Å². The first-order chi connectivity index (χ1) is 35.1. The van der Waals surface area contributed by atoms with Gasteiger partial charge in [0.15, 0.2) is 0 Å². The van der Waals surface area contributed by atoms with Crippen molar-refractivity contribution in [2.75, 3.05) is 9.71 Å². The van der Waals surface area contributed by atoms with Crippen LogP contribution in [-0.2, 0) is 32.5 Å². The van der Waals surface area contributed by atoms with Crippen LogP contribution in [0.1, 0.15) is 159 Å². The molecule has 2 aliphatic heterocycles. The Morgan fingerprint density at radius 2 is 0.946 bits per heavy atom. The number of anilines is 5. The normalized spacial score (nSPS) is 19.5. The van der Waals surface area contributed by atoms with Crippen LogP contribution in [0.3, 0.4) is 0 Å². The average molecular weight is 963 g/mol. The highest BCUT2D eigenvalue weighted by atomic mass is 15.2. The van der Waals surface area contributed by atoms with Gasteiger partial charge in [-0.25, -0.2) is 0 Å². The summed E-state index contributed by atoms with van der Waals surface area (Å²) in [7, 11) is 0. The van der Waals surface area contributed by atoms with Crippen molar-refractivity contribution in [2.45, 2.75) is 148 Å². The van der Waals surface area contributed by atoms with Gasteiger partial charge in [-0.3, -0.25) is 0 Å². The topological polar surface area (TPSA) is 6.48 Å². The molecule has 0 N–H and O–H groups in total. The van der Waals surface area contributed by atoms with Crippen LogP contribution in [0.15, 0.2) is 146 Å². The van der Waals surface area contributed by atoms with Crippen molar-refractivity contribution in [1.29, 1.82) is 0 Å². The molecule has 8 aromatic carbocycles. The van der Waals surface area contributed by atoms with Crippen LogP contribution in [0.25, 0.3) is 44.5 Å². The molecule has 0 atom stereocenters. The third kappa shape index (κ3) is 6.02. The molecule has 0 aromatic heterocycles. The number of hydrogen-bond acceptors (Lipinski definition) is 2. The van der Waals surface area contributed by atoms with Crippen LogP contribution in [0, 0.1) is 6.92 Å². The minimum atomic E-state index is -0.261. The number of aryl methyl sites for hydroxylation is 1. The number of rotatable bonds is 3. The van der Waals surface area contributed by atoms with E-state index < -0.39 is 0 Å². The molecular weight excluding hydrogens is 892 g/mol. The quantitative estimate of drug-likeness (QED) is 0.163. The molecule has 0 fully saturated rings. The molecule has 2 nitrogen and oxygen atoms in total. The molecule has 0 unspecified atom stereocenters. The smallest absolute Gasteiger partial charge is 0.333 e. The molecule has 14 rings (SSSR count). The van der Waals surface area contributed by atoms with E-state index in [0.29, 0.717) is 0 Å². The average Bonchev–Trinajstić information content (AvgIpc) is 3.83. The molecule has 368 valence electrons. The Morgan fingerprint density at radius 1 is 0.392 bits per heavy atom. The Balaban J connectivity index is 1.17. The Hall–Kier alpha value is -6.58.